The zero-order valence-corrected chi connectivity index (χ0v) is 9.31. The van der Waals surface area contributed by atoms with Gasteiger partial charge in [-0.25, -0.2) is 0 Å². The molecule has 0 aromatic heterocycles. The van der Waals surface area contributed by atoms with E-state index in [2.05, 4.69) is 5.32 Å². The minimum Gasteiger partial charge on any atom is -0.479 e. The Kier molecular flexibility index (Phi) is 5.34. The van der Waals surface area contributed by atoms with Crippen molar-refractivity contribution in [2.75, 3.05) is 13.2 Å². The first-order valence-corrected chi connectivity index (χ1v) is 5.19. The third-order valence-corrected chi connectivity index (χ3v) is 2.13. The van der Waals surface area contributed by atoms with Crippen molar-refractivity contribution in [1.29, 1.82) is 5.26 Å². The van der Waals surface area contributed by atoms with Gasteiger partial charge in [-0.2, -0.15) is 5.26 Å². The van der Waals surface area contributed by atoms with Crippen LogP contribution in [0.25, 0.3) is 0 Å². The van der Waals surface area contributed by atoms with Crippen LogP contribution in [0.3, 0.4) is 0 Å². The van der Waals surface area contributed by atoms with Gasteiger partial charge in [0, 0.05) is 12.6 Å². The summed E-state index contributed by atoms with van der Waals surface area (Å²) in [6, 6.07) is 9.55. The van der Waals surface area contributed by atoms with Gasteiger partial charge in [0.1, 0.15) is 11.8 Å². The molecule has 1 unspecified atom stereocenters. The van der Waals surface area contributed by atoms with Crippen LogP contribution >= 0.6 is 0 Å². The Morgan fingerprint density at radius 2 is 2.38 bits per heavy atom. The molecule has 0 fully saturated rings. The lowest BCUT2D eigenvalue weighted by Crippen LogP contribution is -2.28. The highest BCUT2D eigenvalue weighted by Crippen LogP contribution is 2.13. The first-order chi connectivity index (χ1) is 7.76. The predicted molar refractivity (Wildman–Crippen MR) is 60.9 cm³/mol. The van der Waals surface area contributed by atoms with Crippen molar-refractivity contribution in [3.8, 4) is 11.8 Å². The zero-order chi connectivity index (χ0) is 11.8. The molecule has 16 heavy (non-hydrogen) atoms. The topological polar surface area (TPSA) is 65.3 Å². The third-order valence-electron chi connectivity index (χ3n) is 2.13. The smallest absolute Gasteiger partial charge is 0.174 e. The molecule has 0 saturated carbocycles. The van der Waals surface area contributed by atoms with E-state index in [1.165, 1.54) is 0 Å². The lowest BCUT2D eigenvalue weighted by molar-refractivity contribution is 0.251. The second-order valence-corrected chi connectivity index (χ2v) is 3.56. The maximum Gasteiger partial charge on any atom is 0.174 e. The molecule has 4 nitrogen and oxygen atoms in total. The molecular weight excluding hydrogens is 204 g/mol. The molecule has 0 heterocycles. The molecule has 0 aliphatic heterocycles. The van der Waals surface area contributed by atoms with Crippen LogP contribution in [-0.4, -0.2) is 24.4 Å². The second kappa shape index (κ2) is 6.83. The second-order valence-electron chi connectivity index (χ2n) is 3.56. The van der Waals surface area contributed by atoms with Crippen LogP contribution < -0.4 is 10.1 Å². The van der Waals surface area contributed by atoms with Gasteiger partial charge < -0.3 is 15.2 Å². The molecule has 0 radical (unpaired) electrons. The molecule has 0 amide bonds. The van der Waals surface area contributed by atoms with Gasteiger partial charge in [0.05, 0.1) is 6.61 Å². The molecular formula is C12H16N2O2. The van der Waals surface area contributed by atoms with Crippen molar-refractivity contribution in [3.63, 3.8) is 0 Å². The van der Waals surface area contributed by atoms with Crippen molar-refractivity contribution in [2.24, 2.45) is 0 Å². The minimum absolute atomic E-state index is 0.0594. The number of rotatable bonds is 6. The highest BCUT2D eigenvalue weighted by atomic mass is 16.5. The number of nitrogens with zero attached hydrogens (tertiary/aromatic N) is 1. The summed E-state index contributed by atoms with van der Waals surface area (Å²) in [5.41, 5.74) is 1.07. The number of hydrogen-bond acceptors (Lipinski definition) is 4. The number of hydrogen-bond donors (Lipinski definition) is 2. The van der Waals surface area contributed by atoms with Crippen LogP contribution in [0.4, 0.5) is 0 Å². The number of nitrogens with one attached hydrogen (secondary N) is 1. The first kappa shape index (κ1) is 12.5. The summed E-state index contributed by atoms with van der Waals surface area (Å²) >= 11 is 0. The van der Waals surface area contributed by atoms with Gasteiger partial charge in [-0.05, 0) is 24.6 Å². The molecule has 0 spiro atoms. The van der Waals surface area contributed by atoms with Crippen LogP contribution in [0.1, 0.15) is 12.5 Å². The van der Waals surface area contributed by atoms with E-state index in [1.807, 2.05) is 37.3 Å². The van der Waals surface area contributed by atoms with E-state index in [0.717, 1.165) is 5.56 Å². The zero-order valence-electron chi connectivity index (χ0n) is 9.31. The van der Waals surface area contributed by atoms with E-state index in [4.69, 9.17) is 15.1 Å². The van der Waals surface area contributed by atoms with Gasteiger partial charge in [-0.1, -0.05) is 12.1 Å². The quantitative estimate of drug-likeness (QED) is 0.752. The summed E-state index contributed by atoms with van der Waals surface area (Å²) in [6.45, 7) is 2.76. The average Bonchev–Trinajstić information content (AvgIpc) is 2.34. The van der Waals surface area contributed by atoms with Gasteiger partial charge in [0.2, 0.25) is 0 Å². The molecule has 0 aliphatic rings. The fourth-order valence-electron chi connectivity index (χ4n) is 1.22. The Morgan fingerprint density at radius 3 is 3.06 bits per heavy atom. The van der Waals surface area contributed by atoms with E-state index in [1.54, 1.807) is 0 Å². The van der Waals surface area contributed by atoms with E-state index in [9.17, 15) is 0 Å². The number of benzene rings is 1. The summed E-state index contributed by atoms with van der Waals surface area (Å²) in [5, 5.41) is 20.4. The number of aliphatic hydroxyl groups excluding tert-OH is 1. The predicted octanol–water partition coefficient (Wildman–Crippen LogP) is 1.06. The monoisotopic (exact) mass is 220 g/mol. The van der Waals surface area contributed by atoms with Crippen molar-refractivity contribution in [3.05, 3.63) is 29.8 Å². The molecule has 0 bridgehead atoms. The third kappa shape index (κ3) is 4.30. The van der Waals surface area contributed by atoms with Crippen molar-refractivity contribution in [1.82, 2.24) is 5.32 Å². The Labute approximate surface area is 95.5 Å². The molecule has 86 valence electrons. The summed E-state index contributed by atoms with van der Waals surface area (Å²) in [6.07, 6.45) is 0. The Hall–Kier alpha value is -1.57. The molecule has 2 N–H and O–H groups in total. The van der Waals surface area contributed by atoms with Crippen LogP contribution in [-0.2, 0) is 6.54 Å². The number of ether oxygens (including phenoxy) is 1. The first-order valence-electron chi connectivity index (χ1n) is 5.19. The molecule has 1 atom stereocenters. The van der Waals surface area contributed by atoms with Gasteiger partial charge in [0.15, 0.2) is 6.61 Å². The molecule has 0 saturated heterocycles. The van der Waals surface area contributed by atoms with Crippen LogP contribution in [0.2, 0.25) is 0 Å². The van der Waals surface area contributed by atoms with Crippen LogP contribution in [0.5, 0.6) is 5.75 Å². The molecule has 0 aliphatic carbocycles. The number of nitriles is 1. The standard InChI is InChI=1S/C12H16N2O2/c1-10(9-15)14-8-11-3-2-4-12(7-11)16-6-5-13/h2-4,7,10,14-15H,6,8-9H2,1H3. The SMILES string of the molecule is CC(CO)NCc1cccc(OCC#N)c1. The van der Waals surface area contributed by atoms with Gasteiger partial charge in [-0.15, -0.1) is 0 Å². The average molecular weight is 220 g/mol. The Morgan fingerprint density at radius 1 is 1.56 bits per heavy atom. The summed E-state index contributed by atoms with van der Waals surface area (Å²) in [4.78, 5) is 0. The largest absolute Gasteiger partial charge is 0.479 e. The molecule has 1 aromatic rings. The minimum atomic E-state index is 0.0594. The Balaban J connectivity index is 2.50. The fourth-order valence-corrected chi connectivity index (χ4v) is 1.22. The lowest BCUT2D eigenvalue weighted by Gasteiger charge is -2.11. The van der Waals surface area contributed by atoms with E-state index < -0.39 is 0 Å². The van der Waals surface area contributed by atoms with Crippen LogP contribution in [0, 0.1) is 11.3 Å². The van der Waals surface area contributed by atoms with Gasteiger partial charge in [-0.3, -0.25) is 0 Å². The molecule has 1 rings (SSSR count). The van der Waals surface area contributed by atoms with E-state index in [-0.39, 0.29) is 19.3 Å². The lowest BCUT2D eigenvalue weighted by atomic mass is 10.2. The van der Waals surface area contributed by atoms with Crippen molar-refractivity contribution >= 4 is 0 Å². The van der Waals surface area contributed by atoms with E-state index >= 15 is 0 Å². The van der Waals surface area contributed by atoms with Crippen LogP contribution in [0.15, 0.2) is 24.3 Å². The van der Waals surface area contributed by atoms with Gasteiger partial charge in [0.25, 0.3) is 0 Å². The maximum atomic E-state index is 8.86. The van der Waals surface area contributed by atoms with Crippen molar-refractivity contribution < 1.29 is 9.84 Å². The maximum absolute atomic E-state index is 8.86. The van der Waals surface area contributed by atoms with E-state index in [0.29, 0.717) is 12.3 Å². The Bertz CT molecular complexity index is 360. The summed E-state index contributed by atoms with van der Waals surface area (Å²) in [5.74, 6) is 0.692. The summed E-state index contributed by atoms with van der Waals surface area (Å²) in [7, 11) is 0. The molecule has 4 heteroatoms. The molecule has 1 aromatic carbocycles. The fraction of sp³-hybridized carbons (Fsp3) is 0.417. The highest BCUT2D eigenvalue weighted by molar-refractivity contribution is 5.28. The summed E-state index contributed by atoms with van der Waals surface area (Å²) < 4.78 is 5.19. The van der Waals surface area contributed by atoms with Gasteiger partial charge >= 0.3 is 0 Å². The highest BCUT2D eigenvalue weighted by Gasteiger charge is 2.00. The normalized spacial score (nSPS) is 11.8. The number of aliphatic hydroxyl groups is 1. The van der Waals surface area contributed by atoms with Crippen molar-refractivity contribution in [2.45, 2.75) is 19.5 Å².